The van der Waals surface area contributed by atoms with E-state index in [2.05, 4.69) is 15.5 Å². The molecule has 2 aromatic heterocycles. The van der Waals surface area contributed by atoms with E-state index >= 15 is 0 Å². The molecule has 0 unspecified atom stereocenters. The second kappa shape index (κ2) is 2.98. The molecule has 2 heterocycles. The third-order valence-electron chi connectivity index (χ3n) is 1.42. The lowest BCUT2D eigenvalue weighted by Crippen LogP contribution is -1.86. The number of hydrogen-bond acceptors (Lipinski definition) is 3. The predicted molar refractivity (Wildman–Crippen MR) is 44.1 cm³/mol. The summed E-state index contributed by atoms with van der Waals surface area (Å²) in [4.78, 5) is 7.38. The van der Waals surface area contributed by atoms with Gasteiger partial charge >= 0.3 is 0 Å². The van der Waals surface area contributed by atoms with Crippen molar-refractivity contribution < 1.29 is 4.39 Å². The Labute approximate surface area is 72.7 Å². The molecular formula is C8H4FN2S. The van der Waals surface area contributed by atoms with Gasteiger partial charge in [-0.1, -0.05) is 0 Å². The Balaban J connectivity index is 2.55. The predicted octanol–water partition coefficient (Wildman–Crippen LogP) is 2.14. The van der Waals surface area contributed by atoms with E-state index in [-0.39, 0.29) is 0 Å². The maximum Gasteiger partial charge on any atom is 0.222 e. The number of nitrogens with zero attached hydrogens (tertiary/aromatic N) is 2. The van der Waals surface area contributed by atoms with Crippen molar-refractivity contribution in [2.75, 3.05) is 0 Å². The molecule has 2 rings (SSSR count). The second-order valence-corrected chi connectivity index (χ2v) is 2.82. The van der Waals surface area contributed by atoms with Crippen molar-refractivity contribution in [3.8, 4) is 11.3 Å². The minimum absolute atomic E-state index is 0.426. The van der Waals surface area contributed by atoms with Crippen molar-refractivity contribution in [2.45, 2.75) is 0 Å². The number of aromatic nitrogens is 2. The summed E-state index contributed by atoms with van der Waals surface area (Å²) in [6.07, 6.45) is 1.41. The smallest absolute Gasteiger partial charge is 0.222 e. The number of thiazole rings is 1. The largest absolute Gasteiger partial charge is 0.233 e. The van der Waals surface area contributed by atoms with Gasteiger partial charge in [-0.15, -0.1) is 11.3 Å². The molecule has 0 aliphatic rings. The summed E-state index contributed by atoms with van der Waals surface area (Å²) in [7, 11) is 0. The first-order valence-corrected chi connectivity index (χ1v) is 4.18. The van der Waals surface area contributed by atoms with Crippen LogP contribution < -0.4 is 0 Å². The maximum atomic E-state index is 13.0. The van der Waals surface area contributed by atoms with Crippen LogP contribution in [0.2, 0.25) is 0 Å². The Bertz CT molecular complexity index is 372. The van der Waals surface area contributed by atoms with Crippen LogP contribution >= 0.6 is 11.3 Å². The van der Waals surface area contributed by atoms with Gasteiger partial charge in [0.2, 0.25) is 5.95 Å². The molecule has 0 aliphatic carbocycles. The summed E-state index contributed by atoms with van der Waals surface area (Å²) in [5.74, 6) is -0.489. The minimum atomic E-state index is -0.489. The standard InChI is InChI=1S/C8H4FN2S/c9-8-6(2-1-3-10-8)7-4-12-5-11-7/h1-4H. The molecule has 0 fully saturated rings. The van der Waals surface area contributed by atoms with E-state index in [4.69, 9.17) is 0 Å². The summed E-state index contributed by atoms with van der Waals surface area (Å²) < 4.78 is 13.0. The third kappa shape index (κ3) is 1.21. The van der Waals surface area contributed by atoms with Gasteiger partial charge in [0.15, 0.2) is 5.51 Å². The highest BCUT2D eigenvalue weighted by molar-refractivity contribution is 7.07. The van der Waals surface area contributed by atoms with Crippen molar-refractivity contribution >= 4 is 11.3 Å². The molecule has 0 N–H and O–H groups in total. The molecule has 12 heavy (non-hydrogen) atoms. The van der Waals surface area contributed by atoms with E-state index in [0.29, 0.717) is 11.3 Å². The lowest BCUT2D eigenvalue weighted by atomic mass is 10.2. The monoisotopic (exact) mass is 179 g/mol. The van der Waals surface area contributed by atoms with Crippen LogP contribution in [0.4, 0.5) is 4.39 Å². The van der Waals surface area contributed by atoms with E-state index in [1.54, 1.807) is 17.5 Å². The first-order chi connectivity index (χ1) is 5.88. The fourth-order valence-corrected chi connectivity index (χ4v) is 1.38. The molecule has 0 atom stereocenters. The zero-order chi connectivity index (χ0) is 8.39. The topological polar surface area (TPSA) is 25.8 Å². The van der Waals surface area contributed by atoms with Crippen LogP contribution in [-0.4, -0.2) is 9.97 Å². The molecule has 59 valence electrons. The lowest BCUT2D eigenvalue weighted by molar-refractivity contribution is 0.587. The first-order valence-electron chi connectivity index (χ1n) is 3.30. The highest BCUT2D eigenvalue weighted by atomic mass is 32.1. The van der Waals surface area contributed by atoms with Gasteiger partial charge in [0.25, 0.3) is 0 Å². The van der Waals surface area contributed by atoms with Crippen LogP contribution in [-0.2, 0) is 0 Å². The van der Waals surface area contributed by atoms with Crippen LogP contribution in [0.25, 0.3) is 11.3 Å². The van der Waals surface area contributed by atoms with E-state index in [0.717, 1.165) is 0 Å². The molecule has 1 radical (unpaired) electrons. The van der Waals surface area contributed by atoms with Gasteiger partial charge in [0.1, 0.15) is 0 Å². The van der Waals surface area contributed by atoms with Crippen molar-refractivity contribution in [2.24, 2.45) is 0 Å². The fourth-order valence-electron chi connectivity index (χ4n) is 0.885. The Hall–Kier alpha value is -1.29. The molecule has 0 saturated carbocycles. The maximum absolute atomic E-state index is 13.0. The highest BCUT2D eigenvalue weighted by Crippen LogP contribution is 2.19. The average molecular weight is 179 g/mol. The molecule has 0 aromatic carbocycles. The van der Waals surface area contributed by atoms with E-state index in [1.165, 1.54) is 17.5 Å². The molecule has 0 bridgehead atoms. The molecule has 0 saturated heterocycles. The second-order valence-electron chi connectivity index (χ2n) is 2.17. The number of halogens is 1. The van der Waals surface area contributed by atoms with Gasteiger partial charge in [0.05, 0.1) is 11.3 Å². The van der Waals surface area contributed by atoms with Crippen LogP contribution in [0.1, 0.15) is 0 Å². The highest BCUT2D eigenvalue weighted by Gasteiger charge is 2.05. The van der Waals surface area contributed by atoms with E-state index < -0.39 is 5.95 Å². The van der Waals surface area contributed by atoms with Gasteiger partial charge in [-0.05, 0) is 12.1 Å². The van der Waals surface area contributed by atoms with Crippen LogP contribution in [0, 0.1) is 11.5 Å². The van der Waals surface area contributed by atoms with Gasteiger partial charge in [-0.25, -0.2) is 9.97 Å². The normalized spacial score (nSPS) is 10.1. The van der Waals surface area contributed by atoms with Crippen molar-refractivity contribution in [3.05, 3.63) is 35.2 Å². The van der Waals surface area contributed by atoms with Crippen molar-refractivity contribution in [1.29, 1.82) is 0 Å². The first kappa shape index (κ1) is 7.36. The van der Waals surface area contributed by atoms with Crippen LogP contribution in [0.15, 0.2) is 23.7 Å². The minimum Gasteiger partial charge on any atom is -0.233 e. The summed E-state index contributed by atoms with van der Waals surface area (Å²) in [5, 5.41) is 1.74. The molecular weight excluding hydrogens is 175 g/mol. The number of pyridine rings is 1. The fraction of sp³-hybridized carbons (Fsp3) is 0. The van der Waals surface area contributed by atoms with Crippen LogP contribution in [0.3, 0.4) is 0 Å². The number of rotatable bonds is 1. The summed E-state index contributed by atoms with van der Waals surface area (Å²) >= 11 is 1.31. The third-order valence-corrected chi connectivity index (χ3v) is 1.96. The molecule has 0 amide bonds. The van der Waals surface area contributed by atoms with Gasteiger partial charge in [0, 0.05) is 11.6 Å². The number of hydrogen-bond donors (Lipinski definition) is 0. The van der Waals surface area contributed by atoms with Crippen molar-refractivity contribution in [3.63, 3.8) is 0 Å². The summed E-state index contributed by atoms with van der Waals surface area (Å²) in [6, 6.07) is 3.32. The Morgan fingerprint density at radius 2 is 2.42 bits per heavy atom. The summed E-state index contributed by atoms with van der Waals surface area (Å²) in [5.41, 5.74) is 3.67. The zero-order valence-corrected chi connectivity index (χ0v) is 6.81. The Kier molecular flexibility index (Phi) is 1.83. The molecule has 0 spiro atoms. The van der Waals surface area contributed by atoms with Gasteiger partial charge in [-0.2, -0.15) is 4.39 Å². The van der Waals surface area contributed by atoms with Crippen LogP contribution in [0.5, 0.6) is 0 Å². The molecule has 0 aliphatic heterocycles. The Morgan fingerprint density at radius 3 is 3.08 bits per heavy atom. The lowest BCUT2D eigenvalue weighted by Gasteiger charge is -1.95. The SMILES string of the molecule is Fc1ncccc1-c1cs[c]n1. The molecule has 2 aromatic rings. The Morgan fingerprint density at radius 1 is 1.50 bits per heavy atom. The zero-order valence-electron chi connectivity index (χ0n) is 5.99. The van der Waals surface area contributed by atoms with E-state index in [1.807, 2.05) is 0 Å². The molecule has 4 heteroatoms. The quantitative estimate of drug-likeness (QED) is 0.627. The molecule has 2 nitrogen and oxygen atoms in total. The summed E-state index contributed by atoms with van der Waals surface area (Å²) in [6.45, 7) is 0. The van der Waals surface area contributed by atoms with Gasteiger partial charge < -0.3 is 0 Å². The van der Waals surface area contributed by atoms with E-state index in [9.17, 15) is 4.39 Å². The van der Waals surface area contributed by atoms with Gasteiger partial charge in [-0.3, -0.25) is 0 Å². The van der Waals surface area contributed by atoms with Crippen molar-refractivity contribution in [1.82, 2.24) is 9.97 Å². The average Bonchev–Trinajstić information content (AvgIpc) is 2.57.